The van der Waals surface area contributed by atoms with E-state index in [0.717, 1.165) is 11.3 Å². The SMILES string of the molecule is CCn1ncc(Cl)c1C(=O)Nc1sc(C(N)=O)c(C)c1C(=O)OC. The number of primary amides is 1. The third-order valence-corrected chi connectivity index (χ3v) is 4.79. The van der Waals surface area contributed by atoms with Crippen LogP contribution in [0, 0.1) is 6.92 Å². The first-order chi connectivity index (χ1) is 11.3. The van der Waals surface area contributed by atoms with Crippen LogP contribution in [0.5, 0.6) is 0 Å². The molecule has 0 saturated heterocycles. The van der Waals surface area contributed by atoms with Crippen LogP contribution in [0.1, 0.15) is 43.0 Å². The topological polar surface area (TPSA) is 116 Å². The fourth-order valence-electron chi connectivity index (χ4n) is 2.17. The number of anilines is 1. The van der Waals surface area contributed by atoms with Crippen molar-refractivity contribution in [3.05, 3.63) is 32.9 Å². The second kappa shape index (κ2) is 7.02. The zero-order valence-electron chi connectivity index (χ0n) is 13.2. The van der Waals surface area contributed by atoms with Gasteiger partial charge in [0.25, 0.3) is 11.8 Å². The molecule has 0 aliphatic carbocycles. The summed E-state index contributed by atoms with van der Waals surface area (Å²) in [6.07, 6.45) is 1.36. The van der Waals surface area contributed by atoms with Crippen LogP contribution < -0.4 is 11.1 Å². The summed E-state index contributed by atoms with van der Waals surface area (Å²) in [5.41, 5.74) is 5.90. The Morgan fingerprint density at radius 1 is 1.46 bits per heavy atom. The van der Waals surface area contributed by atoms with Crippen molar-refractivity contribution in [1.82, 2.24) is 9.78 Å². The van der Waals surface area contributed by atoms with E-state index in [1.54, 1.807) is 13.8 Å². The number of rotatable bonds is 5. The highest BCUT2D eigenvalue weighted by molar-refractivity contribution is 7.18. The van der Waals surface area contributed by atoms with Crippen LogP contribution in [0.3, 0.4) is 0 Å². The van der Waals surface area contributed by atoms with Gasteiger partial charge < -0.3 is 15.8 Å². The lowest BCUT2D eigenvalue weighted by molar-refractivity contribution is 0.0601. The number of nitrogens with one attached hydrogen (secondary N) is 1. The molecule has 0 radical (unpaired) electrons. The molecule has 2 rings (SSSR count). The molecule has 2 aromatic rings. The average molecular weight is 371 g/mol. The van der Waals surface area contributed by atoms with Crippen molar-refractivity contribution in [3.63, 3.8) is 0 Å². The number of methoxy groups -OCH3 is 1. The molecule has 0 fully saturated rings. The molecule has 0 saturated carbocycles. The van der Waals surface area contributed by atoms with Gasteiger partial charge in [-0.1, -0.05) is 11.6 Å². The lowest BCUT2D eigenvalue weighted by Crippen LogP contribution is -2.19. The minimum atomic E-state index is -0.695. The maximum absolute atomic E-state index is 12.5. The summed E-state index contributed by atoms with van der Waals surface area (Å²) in [7, 11) is 1.21. The monoisotopic (exact) mass is 370 g/mol. The molecule has 0 aliphatic rings. The molecule has 0 unspecified atom stereocenters. The van der Waals surface area contributed by atoms with Crippen molar-refractivity contribution in [2.75, 3.05) is 12.4 Å². The van der Waals surface area contributed by atoms with E-state index in [1.807, 2.05) is 0 Å². The first-order valence-corrected chi connectivity index (χ1v) is 8.05. The molecule has 24 heavy (non-hydrogen) atoms. The Morgan fingerprint density at radius 3 is 2.67 bits per heavy atom. The zero-order chi connectivity index (χ0) is 18.0. The normalized spacial score (nSPS) is 10.5. The van der Waals surface area contributed by atoms with Crippen molar-refractivity contribution < 1.29 is 19.1 Å². The van der Waals surface area contributed by atoms with Gasteiger partial charge in [-0.05, 0) is 19.4 Å². The molecule has 128 valence electrons. The van der Waals surface area contributed by atoms with Gasteiger partial charge in [-0.15, -0.1) is 11.3 Å². The lowest BCUT2D eigenvalue weighted by atomic mass is 10.1. The molecule has 0 aromatic carbocycles. The molecule has 0 atom stereocenters. The van der Waals surface area contributed by atoms with E-state index in [2.05, 4.69) is 10.4 Å². The van der Waals surface area contributed by atoms with Crippen LogP contribution in [0.4, 0.5) is 5.00 Å². The number of ether oxygens (including phenoxy) is 1. The fourth-order valence-corrected chi connectivity index (χ4v) is 3.44. The molecule has 0 aliphatic heterocycles. The second-order valence-corrected chi connectivity index (χ2v) is 6.15. The largest absolute Gasteiger partial charge is 0.465 e. The predicted molar refractivity (Wildman–Crippen MR) is 89.8 cm³/mol. The number of nitrogens with zero attached hydrogens (tertiary/aromatic N) is 2. The fraction of sp³-hybridized carbons (Fsp3) is 0.286. The Morgan fingerprint density at radius 2 is 2.12 bits per heavy atom. The Bertz CT molecular complexity index is 827. The van der Waals surface area contributed by atoms with Crippen LogP contribution in [0.2, 0.25) is 5.02 Å². The number of thiophene rings is 1. The van der Waals surface area contributed by atoms with Gasteiger partial charge in [0.15, 0.2) is 0 Å². The van der Waals surface area contributed by atoms with Gasteiger partial charge in [0.1, 0.15) is 10.7 Å². The van der Waals surface area contributed by atoms with Crippen LogP contribution in [-0.4, -0.2) is 34.7 Å². The quantitative estimate of drug-likeness (QED) is 0.781. The predicted octanol–water partition coefficient (Wildman–Crippen LogP) is 2.06. The van der Waals surface area contributed by atoms with E-state index in [0.29, 0.717) is 12.1 Å². The molecule has 8 nitrogen and oxygen atoms in total. The van der Waals surface area contributed by atoms with Gasteiger partial charge in [-0.2, -0.15) is 5.10 Å². The number of carbonyl (C=O) groups is 3. The number of amides is 2. The van der Waals surface area contributed by atoms with Crippen LogP contribution >= 0.6 is 22.9 Å². The Labute approximate surface area is 146 Å². The minimum absolute atomic E-state index is 0.0864. The van der Waals surface area contributed by atoms with Crippen LogP contribution in [0.25, 0.3) is 0 Å². The third kappa shape index (κ3) is 3.13. The van der Waals surface area contributed by atoms with E-state index in [4.69, 9.17) is 22.1 Å². The molecule has 0 spiro atoms. The summed E-state index contributed by atoms with van der Waals surface area (Å²) in [5.74, 6) is -1.93. The summed E-state index contributed by atoms with van der Waals surface area (Å²) < 4.78 is 6.13. The summed E-state index contributed by atoms with van der Waals surface area (Å²) in [6.45, 7) is 3.80. The average Bonchev–Trinajstić information content (AvgIpc) is 3.06. The first kappa shape index (κ1) is 18.0. The highest BCUT2D eigenvalue weighted by atomic mass is 35.5. The van der Waals surface area contributed by atoms with Crippen molar-refractivity contribution in [1.29, 1.82) is 0 Å². The molecular formula is C14H15ClN4O4S. The number of esters is 1. The van der Waals surface area contributed by atoms with Gasteiger partial charge in [0, 0.05) is 6.54 Å². The van der Waals surface area contributed by atoms with Crippen molar-refractivity contribution in [2.45, 2.75) is 20.4 Å². The Balaban J connectivity index is 2.47. The molecule has 0 bridgehead atoms. The highest BCUT2D eigenvalue weighted by Gasteiger charge is 2.27. The zero-order valence-corrected chi connectivity index (χ0v) is 14.7. The minimum Gasteiger partial charge on any atom is -0.465 e. The van der Waals surface area contributed by atoms with Crippen LogP contribution in [-0.2, 0) is 11.3 Å². The Kier molecular flexibility index (Phi) is 5.25. The highest BCUT2D eigenvalue weighted by Crippen LogP contribution is 2.34. The second-order valence-electron chi connectivity index (χ2n) is 4.73. The molecule has 10 heteroatoms. The van der Waals surface area contributed by atoms with E-state index >= 15 is 0 Å². The van der Waals surface area contributed by atoms with E-state index in [1.165, 1.54) is 18.0 Å². The molecule has 2 aromatic heterocycles. The van der Waals surface area contributed by atoms with E-state index in [9.17, 15) is 14.4 Å². The number of hydrogen-bond donors (Lipinski definition) is 2. The van der Waals surface area contributed by atoms with Gasteiger partial charge in [0.2, 0.25) is 0 Å². The van der Waals surface area contributed by atoms with Crippen LogP contribution in [0.15, 0.2) is 6.20 Å². The molecular weight excluding hydrogens is 356 g/mol. The van der Waals surface area contributed by atoms with Gasteiger partial charge in [-0.25, -0.2) is 4.79 Å². The number of nitrogens with two attached hydrogens (primary N) is 1. The summed E-state index contributed by atoms with van der Waals surface area (Å²) in [5, 5.41) is 6.91. The first-order valence-electron chi connectivity index (χ1n) is 6.85. The molecule has 3 N–H and O–H groups in total. The van der Waals surface area contributed by atoms with Crippen molar-refractivity contribution in [2.24, 2.45) is 5.73 Å². The maximum Gasteiger partial charge on any atom is 0.341 e. The molecule has 2 heterocycles. The standard InChI is InChI=1S/C14H15ClN4O4S/c1-4-19-9(7(15)5-17-19)12(21)18-13-8(14(22)23-3)6(2)10(24-13)11(16)20/h5H,4H2,1-3H3,(H2,16,20)(H,18,21). The summed E-state index contributed by atoms with van der Waals surface area (Å²) in [6, 6.07) is 0. The smallest absolute Gasteiger partial charge is 0.341 e. The number of aryl methyl sites for hydroxylation is 1. The van der Waals surface area contributed by atoms with E-state index in [-0.39, 0.29) is 26.2 Å². The third-order valence-electron chi connectivity index (χ3n) is 3.30. The van der Waals surface area contributed by atoms with Gasteiger partial charge in [0.05, 0.1) is 28.8 Å². The lowest BCUT2D eigenvalue weighted by Gasteiger charge is -2.08. The number of aromatic nitrogens is 2. The van der Waals surface area contributed by atoms with Gasteiger partial charge >= 0.3 is 5.97 Å². The number of halogens is 1. The van der Waals surface area contributed by atoms with Crippen molar-refractivity contribution >= 4 is 45.7 Å². The number of hydrogen-bond acceptors (Lipinski definition) is 6. The van der Waals surface area contributed by atoms with Crippen molar-refractivity contribution in [3.8, 4) is 0 Å². The Hall–Kier alpha value is -2.39. The van der Waals surface area contributed by atoms with Gasteiger partial charge in [-0.3, -0.25) is 14.3 Å². The number of carbonyl (C=O) groups excluding carboxylic acids is 3. The maximum atomic E-state index is 12.5. The molecule has 2 amide bonds. The summed E-state index contributed by atoms with van der Waals surface area (Å²) >= 11 is 6.90. The summed E-state index contributed by atoms with van der Waals surface area (Å²) in [4.78, 5) is 36.2. The van der Waals surface area contributed by atoms with E-state index < -0.39 is 17.8 Å².